The van der Waals surface area contributed by atoms with Crippen LogP contribution in [0.25, 0.3) is 0 Å². The van der Waals surface area contributed by atoms with Crippen molar-refractivity contribution in [1.29, 1.82) is 0 Å². The Morgan fingerprint density at radius 2 is 0.710 bits per heavy atom. The summed E-state index contributed by atoms with van der Waals surface area (Å²) in [6.45, 7) is 4.21. The molecule has 2 atom stereocenters. The standard InChI is InChI=1S/C58H105NO3/c1-3-5-7-9-11-13-15-17-19-21-23-25-27-28-29-30-32-33-35-37-39-41-43-45-47-49-51-53-57(61)56(55-60)59-58(62)54-52-50-48-46-44-42-40-38-36-34-31-26-24-22-20-18-16-14-12-10-8-6-4-2/h6,8,12,14,18,20,24,26,34,36,51,53,56-57,60-61H,3-5,7,9-11,13,15-17,19,21-23,25,27-33,35,37-50,52,54-55H2,1-2H3,(H,59,62)/b8-6-,14-12-,20-18-,26-24-,36-34-,53-51+. The number of unbranched alkanes of at least 4 members (excludes halogenated alkanes) is 32. The van der Waals surface area contributed by atoms with E-state index in [1.165, 1.54) is 180 Å². The molecular weight excluding hydrogens is 759 g/mol. The van der Waals surface area contributed by atoms with Crippen LogP contribution in [0.2, 0.25) is 0 Å². The Morgan fingerprint density at radius 1 is 0.403 bits per heavy atom. The number of carbonyl (C=O) groups is 1. The topological polar surface area (TPSA) is 69.6 Å². The summed E-state index contributed by atoms with van der Waals surface area (Å²) in [4.78, 5) is 12.5. The van der Waals surface area contributed by atoms with Gasteiger partial charge in [0.25, 0.3) is 0 Å². The predicted octanol–water partition coefficient (Wildman–Crippen LogP) is 17.8. The maximum absolute atomic E-state index is 12.5. The number of hydrogen-bond donors (Lipinski definition) is 3. The third-order valence-electron chi connectivity index (χ3n) is 12.2. The zero-order chi connectivity index (χ0) is 44.9. The van der Waals surface area contributed by atoms with Gasteiger partial charge >= 0.3 is 0 Å². The van der Waals surface area contributed by atoms with E-state index in [2.05, 4.69) is 79.9 Å². The highest BCUT2D eigenvalue weighted by Gasteiger charge is 2.18. The molecule has 0 rings (SSSR count). The molecule has 0 saturated heterocycles. The molecule has 4 heteroatoms. The van der Waals surface area contributed by atoms with Gasteiger partial charge in [-0.2, -0.15) is 0 Å². The Kier molecular flexibility index (Phi) is 51.3. The van der Waals surface area contributed by atoms with Crippen LogP contribution in [0.1, 0.15) is 271 Å². The van der Waals surface area contributed by atoms with Crippen LogP contribution in [0.15, 0.2) is 72.9 Å². The summed E-state index contributed by atoms with van der Waals surface area (Å²) in [7, 11) is 0. The van der Waals surface area contributed by atoms with Gasteiger partial charge in [0.1, 0.15) is 0 Å². The molecule has 0 aromatic heterocycles. The van der Waals surface area contributed by atoms with Gasteiger partial charge in [0.15, 0.2) is 0 Å². The largest absolute Gasteiger partial charge is 0.394 e. The number of hydrogen-bond acceptors (Lipinski definition) is 3. The van der Waals surface area contributed by atoms with Gasteiger partial charge in [-0.15, -0.1) is 0 Å². The lowest BCUT2D eigenvalue weighted by Gasteiger charge is -2.20. The Morgan fingerprint density at radius 3 is 1.06 bits per heavy atom. The maximum Gasteiger partial charge on any atom is 0.220 e. The van der Waals surface area contributed by atoms with Crippen LogP contribution >= 0.6 is 0 Å². The number of carbonyl (C=O) groups excluding carboxylic acids is 1. The third kappa shape index (κ3) is 48.9. The van der Waals surface area contributed by atoms with Gasteiger partial charge in [-0.05, 0) is 64.2 Å². The van der Waals surface area contributed by atoms with E-state index in [0.717, 1.165) is 70.6 Å². The van der Waals surface area contributed by atoms with Crippen molar-refractivity contribution in [3.05, 3.63) is 72.9 Å². The highest BCUT2D eigenvalue weighted by atomic mass is 16.3. The molecule has 0 aromatic rings. The van der Waals surface area contributed by atoms with E-state index in [0.29, 0.717) is 6.42 Å². The van der Waals surface area contributed by atoms with Crippen LogP contribution in [0, 0.1) is 0 Å². The number of aliphatic hydroxyl groups is 2. The molecule has 0 fully saturated rings. The fourth-order valence-corrected chi connectivity index (χ4v) is 8.09. The molecule has 0 spiro atoms. The molecule has 0 aliphatic carbocycles. The normalized spacial score (nSPS) is 13.4. The van der Waals surface area contributed by atoms with Crippen molar-refractivity contribution in [2.45, 2.75) is 283 Å². The highest BCUT2D eigenvalue weighted by Crippen LogP contribution is 2.17. The molecule has 0 aromatic carbocycles. The average molecular weight is 864 g/mol. The minimum absolute atomic E-state index is 0.0752. The summed E-state index contributed by atoms with van der Waals surface area (Å²) in [6, 6.07) is -0.634. The number of allylic oxidation sites excluding steroid dienone is 11. The van der Waals surface area contributed by atoms with E-state index in [4.69, 9.17) is 0 Å². The van der Waals surface area contributed by atoms with Gasteiger partial charge in [-0.3, -0.25) is 4.79 Å². The quantitative estimate of drug-likeness (QED) is 0.0421. The number of amides is 1. The lowest BCUT2D eigenvalue weighted by atomic mass is 10.0. The number of nitrogens with one attached hydrogen (secondary N) is 1. The van der Waals surface area contributed by atoms with Crippen LogP contribution < -0.4 is 5.32 Å². The minimum atomic E-state index is -0.849. The summed E-state index contributed by atoms with van der Waals surface area (Å²) >= 11 is 0. The Hall–Kier alpha value is -2.17. The SMILES string of the molecule is CC/C=C\C/C=C\C/C=C\C/C=C\C/C=C\CCCCCCCCCC(=O)NC(CO)C(O)/C=C/CCCCCCCCCCCCCCCCCCCCCCCCCCC. The van der Waals surface area contributed by atoms with Gasteiger partial charge in [0, 0.05) is 6.42 Å². The molecule has 1 amide bonds. The molecule has 360 valence electrons. The summed E-state index contributed by atoms with van der Waals surface area (Å²) < 4.78 is 0. The van der Waals surface area contributed by atoms with E-state index >= 15 is 0 Å². The minimum Gasteiger partial charge on any atom is -0.394 e. The van der Waals surface area contributed by atoms with Crippen LogP contribution in [0.3, 0.4) is 0 Å². The zero-order valence-electron chi connectivity index (χ0n) is 41.4. The molecular formula is C58H105NO3. The second kappa shape index (κ2) is 53.2. The van der Waals surface area contributed by atoms with E-state index in [-0.39, 0.29) is 12.5 Å². The Balaban J connectivity index is 3.54. The van der Waals surface area contributed by atoms with Crippen molar-refractivity contribution in [1.82, 2.24) is 5.32 Å². The smallest absolute Gasteiger partial charge is 0.220 e. The van der Waals surface area contributed by atoms with E-state index < -0.39 is 12.1 Å². The van der Waals surface area contributed by atoms with Crippen LogP contribution in [-0.2, 0) is 4.79 Å². The second-order valence-corrected chi connectivity index (χ2v) is 18.3. The van der Waals surface area contributed by atoms with Gasteiger partial charge in [0.05, 0.1) is 18.8 Å². The average Bonchev–Trinajstić information content (AvgIpc) is 3.28. The Labute approximate surface area is 387 Å². The summed E-state index contributed by atoms with van der Waals surface area (Å²) in [5, 5.41) is 23.2. The van der Waals surface area contributed by atoms with Crippen molar-refractivity contribution >= 4 is 5.91 Å². The van der Waals surface area contributed by atoms with Gasteiger partial charge in [-0.25, -0.2) is 0 Å². The summed E-state index contributed by atoms with van der Waals surface area (Å²) in [5.74, 6) is -0.0752. The van der Waals surface area contributed by atoms with Crippen molar-refractivity contribution in [3.63, 3.8) is 0 Å². The first-order valence-electron chi connectivity index (χ1n) is 27.2. The van der Waals surface area contributed by atoms with Crippen molar-refractivity contribution in [3.8, 4) is 0 Å². The lowest BCUT2D eigenvalue weighted by Crippen LogP contribution is -2.45. The van der Waals surface area contributed by atoms with Crippen LogP contribution in [0.4, 0.5) is 0 Å². The first-order chi connectivity index (χ1) is 30.7. The van der Waals surface area contributed by atoms with Gasteiger partial charge in [-0.1, -0.05) is 273 Å². The molecule has 62 heavy (non-hydrogen) atoms. The molecule has 2 unspecified atom stereocenters. The molecule has 0 aliphatic rings. The summed E-state index contributed by atoms with van der Waals surface area (Å²) in [6.07, 6.45) is 76.2. The monoisotopic (exact) mass is 864 g/mol. The van der Waals surface area contributed by atoms with Gasteiger partial charge < -0.3 is 15.5 Å². The predicted molar refractivity (Wildman–Crippen MR) is 276 cm³/mol. The summed E-state index contributed by atoms with van der Waals surface area (Å²) in [5.41, 5.74) is 0. The van der Waals surface area contributed by atoms with Crippen molar-refractivity contribution < 1.29 is 15.0 Å². The first-order valence-corrected chi connectivity index (χ1v) is 27.2. The van der Waals surface area contributed by atoms with Crippen LogP contribution in [0.5, 0.6) is 0 Å². The molecule has 4 nitrogen and oxygen atoms in total. The van der Waals surface area contributed by atoms with Crippen molar-refractivity contribution in [2.24, 2.45) is 0 Å². The fraction of sp³-hybridized carbons (Fsp3) is 0.776. The zero-order valence-corrected chi connectivity index (χ0v) is 41.4. The lowest BCUT2D eigenvalue weighted by molar-refractivity contribution is -0.123. The first kappa shape index (κ1) is 59.8. The molecule has 0 heterocycles. The van der Waals surface area contributed by atoms with Gasteiger partial charge in [0.2, 0.25) is 5.91 Å². The molecule has 0 saturated carbocycles. The number of rotatable bonds is 49. The third-order valence-corrected chi connectivity index (χ3v) is 12.2. The second-order valence-electron chi connectivity index (χ2n) is 18.3. The maximum atomic E-state index is 12.5. The molecule has 0 bridgehead atoms. The number of aliphatic hydroxyl groups excluding tert-OH is 2. The highest BCUT2D eigenvalue weighted by molar-refractivity contribution is 5.76. The fourth-order valence-electron chi connectivity index (χ4n) is 8.09. The van der Waals surface area contributed by atoms with Crippen molar-refractivity contribution in [2.75, 3.05) is 6.61 Å². The van der Waals surface area contributed by atoms with E-state index in [9.17, 15) is 15.0 Å². The molecule has 0 radical (unpaired) electrons. The van der Waals surface area contributed by atoms with E-state index in [1.54, 1.807) is 6.08 Å². The van der Waals surface area contributed by atoms with Crippen LogP contribution in [-0.4, -0.2) is 34.9 Å². The van der Waals surface area contributed by atoms with E-state index in [1.807, 2.05) is 6.08 Å². The molecule has 3 N–H and O–H groups in total. The molecule has 0 aliphatic heterocycles. The Bertz CT molecular complexity index is 1070.